The molecule has 0 bridgehead atoms. The summed E-state index contributed by atoms with van der Waals surface area (Å²) < 4.78 is 35.1. The normalized spacial score (nSPS) is 31.9. The zero-order chi connectivity index (χ0) is 7.94. The van der Waals surface area contributed by atoms with Crippen LogP contribution in [-0.4, -0.2) is 12.9 Å². The number of rotatable bonds is 2. The minimum atomic E-state index is -4.83. The second-order valence-electron chi connectivity index (χ2n) is 2.53. The second-order valence-corrected chi connectivity index (χ2v) is 2.53. The molecule has 0 unspecified atom stereocenters. The Labute approximate surface area is 55.6 Å². The summed E-state index contributed by atoms with van der Waals surface area (Å²) in [4.78, 5) is 10.2. The first-order valence-corrected chi connectivity index (χ1v) is 2.92. The van der Waals surface area contributed by atoms with Crippen molar-refractivity contribution in [2.24, 2.45) is 11.7 Å². The van der Waals surface area contributed by atoms with Gasteiger partial charge in [-0.25, -0.2) is 0 Å². The number of primary amides is 1. The maximum absolute atomic E-state index is 11.7. The molecule has 1 aliphatic rings. The summed E-state index contributed by atoms with van der Waals surface area (Å²) in [6.07, 6.45) is -0.0984. The molecule has 58 valence electrons. The molecule has 0 aromatic carbocycles. The smallest absolute Gasteiger partial charge is 0.449 e. The molecule has 2 nitrogen and oxygen atoms in total. The Hall–Kier alpha value is -0.675. The maximum Gasteiger partial charge on any atom is 0.482 e. The van der Waals surface area contributed by atoms with Gasteiger partial charge in [-0.05, 0) is 0 Å². The molecule has 0 aliphatic heterocycles. The van der Waals surface area contributed by atoms with Crippen molar-refractivity contribution in [3.63, 3.8) is 0 Å². The van der Waals surface area contributed by atoms with Gasteiger partial charge in [0.1, 0.15) is 0 Å². The maximum atomic E-state index is 11.7. The quantitative estimate of drug-likeness (QED) is 0.581. The van der Waals surface area contributed by atoms with Crippen LogP contribution in [0.2, 0.25) is 5.82 Å². The first kappa shape index (κ1) is 7.43. The number of hydrogen-bond acceptors (Lipinski definition) is 1. The van der Waals surface area contributed by atoms with E-state index in [0.29, 0.717) is 0 Å². The summed E-state index contributed by atoms with van der Waals surface area (Å²) in [5.41, 5.74) is 4.66. The summed E-state index contributed by atoms with van der Waals surface area (Å²) >= 11 is 0. The van der Waals surface area contributed by atoms with Crippen molar-refractivity contribution in [1.82, 2.24) is 0 Å². The van der Waals surface area contributed by atoms with Crippen LogP contribution < -0.4 is 5.73 Å². The van der Waals surface area contributed by atoms with Gasteiger partial charge < -0.3 is 18.7 Å². The van der Waals surface area contributed by atoms with E-state index in [4.69, 9.17) is 0 Å². The summed E-state index contributed by atoms with van der Waals surface area (Å²) in [6, 6.07) is 0. The molecule has 2 atom stereocenters. The number of nitrogens with two attached hydrogens (primary N) is 1. The Bertz CT molecular complexity index is 168. The Morgan fingerprint density at radius 3 is 2.10 bits per heavy atom. The van der Waals surface area contributed by atoms with Crippen LogP contribution in [0.4, 0.5) is 12.9 Å². The number of halogens is 3. The van der Waals surface area contributed by atoms with E-state index in [0.717, 1.165) is 0 Å². The summed E-state index contributed by atoms with van der Waals surface area (Å²) in [6.45, 7) is -4.83. The minimum absolute atomic E-state index is 0.0984. The van der Waals surface area contributed by atoms with Gasteiger partial charge in [0.05, 0.1) is 0 Å². The predicted octanol–water partition coefficient (Wildman–Crippen LogP) is 0.709. The van der Waals surface area contributed by atoms with Crippen LogP contribution in [0.25, 0.3) is 0 Å². The summed E-state index contributed by atoms with van der Waals surface area (Å²) in [5.74, 6) is -3.17. The van der Waals surface area contributed by atoms with Crippen molar-refractivity contribution in [3.8, 4) is 0 Å². The van der Waals surface area contributed by atoms with Gasteiger partial charge in [-0.1, -0.05) is 12.2 Å². The molecule has 0 saturated heterocycles. The first-order valence-electron chi connectivity index (χ1n) is 2.92. The van der Waals surface area contributed by atoms with E-state index in [-0.39, 0.29) is 6.42 Å². The Morgan fingerprint density at radius 2 is 2.00 bits per heavy atom. The van der Waals surface area contributed by atoms with Gasteiger partial charge >= 0.3 is 6.98 Å². The van der Waals surface area contributed by atoms with Crippen molar-refractivity contribution in [3.05, 3.63) is 0 Å². The fourth-order valence-corrected chi connectivity index (χ4v) is 0.960. The third-order valence-corrected chi connectivity index (χ3v) is 1.69. The van der Waals surface area contributed by atoms with Crippen LogP contribution in [0.5, 0.6) is 0 Å². The molecule has 1 amide bonds. The highest BCUT2D eigenvalue weighted by Gasteiger charge is 2.53. The predicted molar refractivity (Wildman–Crippen MR) is 30.1 cm³/mol. The molecule has 1 saturated carbocycles. The van der Waals surface area contributed by atoms with Gasteiger partial charge in [0, 0.05) is 5.92 Å². The number of carbonyl (C=O) groups excluding carboxylic acids is 1. The fourth-order valence-electron chi connectivity index (χ4n) is 0.960. The highest BCUT2D eigenvalue weighted by Crippen LogP contribution is 2.53. The van der Waals surface area contributed by atoms with Gasteiger partial charge in [0.25, 0.3) is 0 Å². The largest absolute Gasteiger partial charge is 0.482 e. The molecule has 0 aromatic heterocycles. The summed E-state index contributed by atoms with van der Waals surface area (Å²) in [7, 11) is 0. The Balaban J connectivity index is 2.46. The van der Waals surface area contributed by atoms with E-state index in [1.54, 1.807) is 0 Å². The molecule has 0 spiro atoms. The lowest BCUT2D eigenvalue weighted by atomic mass is 9.82. The standard InChI is InChI=1S/C4H6BF3NO/c6-5(7,8)3-1-2(3)4(9)10/h2-3H,1H2,(H2,9,10)/q-1/t2-,3-/m0/s1. The highest BCUT2D eigenvalue weighted by atomic mass is 19.4. The molecule has 1 rings (SSSR count). The van der Waals surface area contributed by atoms with Crippen LogP contribution in [-0.2, 0) is 4.79 Å². The topological polar surface area (TPSA) is 43.1 Å². The van der Waals surface area contributed by atoms with Crippen LogP contribution in [0.1, 0.15) is 6.42 Å². The monoisotopic (exact) mass is 152 g/mol. The van der Waals surface area contributed by atoms with E-state index < -0.39 is 24.6 Å². The highest BCUT2D eigenvalue weighted by molar-refractivity contribution is 6.61. The number of amides is 1. The van der Waals surface area contributed by atoms with E-state index in [2.05, 4.69) is 5.73 Å². The van der Waals surface area contributed by atoms with Crippen LogP contribution >= 0.6 is 0 Å². The third kappa shape index (κ3) is 1.25. The van der Waals surface area contributed by atoms with Gasteiger partial charge in [-0.15, -0.1) is 0 Å². The first-order chi connectivity index (χ1) is 4.43. The number of carbonyl (C=O) groups is 1. The van der Waals surface area contributed by atoms with E-state index in [1.807, 2.05) is 0 Å². The molecule has 0 aromatic rings. The number of hydrogen-bond donors (Lipinski definition) is 1. The lowest BCUT2D eigenvalue weighted by molar-refractivity contribution is -0.119. The molecular weight excluding hydrogens is 146 g/mol. The van der Waals surface area contributed by atoms with E-state index >= 15 is 0 Å². The minimum Gasteiger partial charge on any atom is -0.449 e. The molecule has 1 aliphatic carbocycles. The summed E-state index contributed by atoms with van der Waals surface area (Å²) in [5, 5.41) is 0. The zero-order valence-corrected chi connectivity index (χ0v) is 5.06. The third-order valence-electron chi connectivity index (χ3n) is 1.69. The fraction of sp³-hybridized carbons (Fsp3) is 0.750. The van der Waals surface area contributed by atoms with E-state index in [9.17, 15) is 17.7 Å². The van der Waals surface area contributed by atoms with Crippen LogP contribution in [0, 0.1) is 5.92 Å². The van der Waals surface area contributed by atoms with Gasteiger partial charge in [0.15, 0.2) is 0 Å². The lowest BCUT2D eigenvalue weighted by Gasteiger charge is -2.11. The molecule has 0 radical (unpaired) electrons. The van der Waals surface area contributed by atoms with Crippen LogP contribution in [0.3, 0.4) is 0 Å². The van der Waals surface area contributed by atoms with Gasteiger partial charge in [-0.3, -0.25) is 4.79 Å². The SMILES string of the molecule is NC(=O)[C@H]1C[C@@H]1[B-](F)(F)F. The zero-order valence-electron chi connectivity index (χ0n) is 5.06. The molecule has 6 heteroatoms. The van der Waals surface area contributed by atoms with E-state index in [1.165, 1.54) is 0 Å². The molecule has 2 N–H and O–H groups in total. The average Bonchev–Trinajstić information content (AvgIpc) is 2.35. The molecule has 1 fully saturated rings. The van der Waals surface area contributed by atoms with Crippen molar-refractivity contribution in [1.29, 1.82) is 0 Å². The van der Waals surface area contributed by atoms with Gasteiger partial charge in [-0.2, -0.15) is 0 Å². The average molecular weight is 152 g/mol. The van der Waals surface area contributed by atoms with Crippen molar-refractivity contribution < 1.29 is 17.7 Å². The van der Waals surface area contributed by atoms with Crippen LogP contribution in [0.15, 0.2) is 0 Å². The Morgan fingerprint density at radius 1 is 1.50 bits per heavy atom. The second kappa shape index (κ2) is 1.90. The lowest BCUT2D eigenvalue weighted by Crippen LogP contribution is -2.21. The Kier molecular flexibility index (Phi) is 1.41. The van der Waals surface area contributed by atoms with Gasteiger partial charge in [0.2, 0.25) is 5.91 Å². The molecule has 10 heavy (non-hydrogen) atoms. The molecular formula is C4H6BF3NO-. The van der Waals surface area contributed by atoms with Crippen molar-refractivity contribution in [2.75, 3.05) is 0 Å². The van der Waals surface area contributed by atoms with Crippen molar-refractivity contribution >= 4 is 12.9 Å². The molecule has 0 heterocycles. The van der Waals surface area contributed by atoms with Crippen molar-refractivity contribution in [2.45, 2.75) is 12.2 Å².